The number of benzene rings is 2. The summed E-state index contributed by atoms with van der Waals surface area (Å²) in [7, 11) is 3.46. The number of hydrogen-bond acceptors (Lipinski definition) is 4. The summed E-state index contributed by atoms with van der Waals surface area (Å²) in [6.07, 6.45) is 0. The summed E-state index contributed by atoms with van der Waals surface area (Å²) in [6.45, 7) is 1.85. The van der Waals surface area contributed by atoms with Crippen LogP contribution in [0.2, 0.25) is 0 Å². The van der Waals surface area contributed by atoms with E-state index in [4.69, 9.17) is 10.5 Å². The van der Waals surface area contributed by atoms with Crippen LogP contribution in [-0.4, -0.2) is 26.1 Å². The number of methoxy groups -OCH3 is 1. The van der Waals surface area contributed by atoms with Gasteiger partial charge in [-0.25, -0.2) is 0 Å². The number of rotatable bonds is 5. The van der Waals surface area contributed by atoms with Gasteiger partial charge in [-0.2, -0.15) is 0 Å². The monoisotopic (exact) mass is 299 g/mol. The minimum Gasteiger partial charge on any atom is -0.497 e. The van der Waals surface area contributed by atoms with E-state index in [0.29, 0.717) is 17.1 Å². The van der Waals surface area contributed by atoms with Gasteiger partial charge in [0.15, 0.2) is 0 Å². The summed E-state index contributed by atoms with van der Waals surface area (Å²) in [6, 6.07) is 14.6. The Kier molecular flexibility index (Phi) is 4.88. The summed E-state index contributed by atoms with van der Waals surface area (Å²) in [4.78, 5) is 14.3. The molecule has 0 saturated heterocycles. The molecule has 3 N–H and O–H groups in total. The van der Waals surface area contributed by atoms with Gasteiger partial charge in [-0.05, 0) is 31.2 Å². The van der Waals surface area contributed by atoms with Crippen molar-refractivity contribution in [2.75, 3.05) is 30.1 Å². The number of nitrogens with one attached hydrogen (secondary N) is 1. The maximum absolute atomic E-state index is 12.4. The van der Waals surface area contributed by atoms with E-state index in [9.17, 15) is 4.79 Å². The van der Waals surface area contributed by atoms with E-state index in [1.54, 1.807) is 25.3 Å². The Hall–Kier alpha value is -2.69. The number of nitrogen functional groups attached to an aromatic ring is 1. The number of nitrogens with zero attached hydrogens (tertiary/aromatic N) is 1. The Morgan fingerprint density at radius 3 is 2.50 bits per heavy atom. The van der Waals surface area contributed by atoms with E-state index in [-0.39, 0.29) is 11.9 Å². The lowest BCUT2D eigenvalue weighted by Crippen LogP contribution is -2.39. The van der Waals surface area contributed by atoms with Crippen LogP contribution < -0.4 is 20.7 Å². The van der Waals surface area contributed by atoms with Gasteiger partial charge in [0.25, 0.3) is 0 Å². The molecule has 2 rings (SSSR count). The zero-order valence-electron chi connectivity index (χ0n) is 13.0. The topological polar surface area (TPSA) is 67.6 Å². The van der Waals surface area contributed by atoms with Crippen LogP contribution in [0.4, 0.5) is 17.1 Å². The van der Waals surface area contributed by atoms with E-state index in [0.717, 1.165) is 5.69 Å². The number of anilines is 3. The second-order valence-electron chi connectivity index (χ2n) is 5.06. The molecule has 0 fully saturated rings. The van der Waals surface area contributed by atoms with Crippen molar-refractivity contribution < 1.29 is 9.53 Å². The quantitative estimate of drug-likeness (QED) is 0.833. The standard InChI is InChI=1S/C17H21N3O2/c1-12(20(2)13-7-5-4-6-8-13)17(21)19-16-10-9-14(22-3)11-15(16)18/h4-12H,18H2,1-3H3,(H,19,21). The molecule has 0 aliphatic heterocycles. The molecule has 0 aliphatic carbocycles. The van der Waals surface area contributed by atoms with Gasteiger partial charge in [0.05, 0.1) is 18.5 Å². The van der Waals surface area contributed by atoms with Gasteiger partial charge in [0, 0.05) is 18.8 Å². The number of ether oxygens (including phenoxy) is 1. The summed E-state index contributed by atoms with van der Waals surface area (Å²) >= 11 is 0. The first-order valence-electron chi connectivity index (χ1n) is 7.05. The largest absolute Gasteiger partial charge is 0.497 e. The lowest BCUT2D eigenvalue weighted by atomic mass is 10.2. The number of likely N-dealkylation sites (N-methyl/N-ethyl adjacent to an activating group) is 1. The van der Waals surface area contributed by atoms with E-state index in [1.165, 1.54) is 0 Å². The van der Waals surface area contributed by atoms with Crippen molar-refractivity contribution in [2.45, 2.75) is 13.0 Å². The van der Waals surface area contributed by atoms with Crippen molar-refractivity contribution in [3.05, 3.63) is 48.5 Å². The van der Waals surface area contributed by atoms with E-state index >= 15 is 0 Å². The molecule has 2 aromatic rings. The zero-order valence-corrected chi connectivity index (χ0v) is 13.0. The molecular formula is C17H21N3O2. The van der Waals surface area contributed by atoms with Crippen molar-refractivity contribution in [3.8, 4) is 5.75 Å². The maximum Gasteiger partial charge on any atom is 0.246 e. The van der Waals surface area contributed by atoms with Crippen molar-refractivity contribution in [1.29, 1.82) is 0 Å². The highest BCUT2D eigenvalue weighted by Crippen LogP contribution is 2.24. The molecule has 0 spiro atoms. The maximum atomic E-state index is 12.4. The van der Waals surface area contributed by atoms with Gasteiger partial charge < -0.3 is 20.7 Å². The third-order valence-corrected chi connectivity index (χ3v) is 3.64. The van der Waals surface area contributed by atoms with Gasteiger partial charge in [-0.15, -0.1) is 0 Å². The molecule has 22 heavy (non-hydrogen) atoms. The van der Waals surface area contributed by atoms with E-state index < -0.39 is 0 Å². The van der Waals surface area contributed by atoms with Crippen LogP contribution in [0.5, 0.6) is 5.75 Å². The summed E-state index contributed by atoms with van der Waals surface area (Å²) in [5.41, 5.74) is 7.96. The minimum atomic E-state index is -0.330. The first-order chi connectivity index (χ1) is 10.5. The van der Waals surface area contributed by atoms with Gasteiger partial charge in [0.2, 0.25) is 5.91 Å². The predicted molar refractivity (Wildman–Crippen MR) is 90.3 cm³/mol. The van der Waals surface area contributed by atoms with Gasteiger partial charge in [-0.1, -0.05) is 18.2 Å². The van der Waals surface area contributed by atoms with Crippen LogP contribution in [-0.2, 0) is 4.79 Å². The van der Waals surface area contributed by atoms with Crippen LogP contribution >= 0.6 is 0 Å². The van der Waals surface area contributed by atoms with Crippen molar-refractivity contribution in [1.82, 2.24) is 0 Å². The Bertz CT molecular complexity index is 644. The molecular weight excluding hydrogens is 278 g/mol. The SMILES string of the molecule is COc1ccc(NC(=O)C(C)N(C)c2ccccc2)c(N)c1. The molecule has 0 heterocycles. The Labute approximate surface area is 130 Å². The van der Waals surface area contributed by atoms with Crippen LogP contribution in [0.1, 0.15) is 6.92 Å². The predicted octanol–water partition coefficient (Wildman–Crippen LogP) is 2.74. The lowest BCUT2D eigenvalue weighted by Gasteiger charge is -2.26. The molecule has 1 unspecified atom stereocenters. The van der Waals surface area contributed by atoms with Crippen LogP contribution in [0.3, 0.4) is 0 Å². The number of amides is 1. The van der Waals surface area contributed by atoms with Crippen LogP contribution in [0, 0.1) is 0 Å². The summed E-state index contributed by atoms with van der Waals surface area (Å²) < 4.78 is 5.10. The fourth-order valence-corrected chi connectivity index (χ4v) is 2.08. The number of nitrogens with two attached hydrogens (primary N) is 1. The molecule has 2 aromatic carbocycles. The number of carbonyl (C=O) groups is 1. The molecule has 0 aliphatic rings. The lowest BCUT2D eigenvalue weighted by molar-refractivity contribution is -0.117. The highest BCUT2D eigenvalue weighted by molar-refractivity contribution is 5.98. The number of hydrogen-bond donors (Lipinski definition) is 2. The molecule has 0 bridgehead atoms. The van der Waals surface area contributed by atoms with E-state index in [1.807, 2.05) is 49.2 Å². The Morgan fingerprint density at radius 1 is 1.23 bits per heavy atom. The zero-order chi connectivity index (χ0) is 16.1. The van der Waals surface area contributed by atoms with Crippen molar-refractivity contribution in [3.63, 3.8) is 0 Å². The first kappa shape index (κ1) is 15.7. The fourth-order valence-electron chi connectivity index (χ4n) is 2.08. The van der Waals surface area contributed by atoms with Crippen molar-refractivity contribution >= 4 is 23.0 Å². The highest BCUT2D eigenvalue weighted by Gasteiger charge is 2.19. The van der Waals surface area contributed by atoms with Gasteiger partial charge in [0.1, 0.15) is 11.8 Å². The third-order valence-electron chi connectivity index (χ3n) is 3.64. The number of para-hydroxylation sites is 1. The molecule has 1 atom stereocenters. The summed E-state index contributed by atoms with van der Waals surface area (Å²) in [5.74, 6) is 0.535. The smallest absolute Gasteiger partial charge is 0.246 e. The minimum absolute atomic E-state index is 0.122. The molecule has 0 radical (unpaired) electrons. The second-order valence-corrected chi connectivity index (χ2v) is 5.06. The average Bonchev–Trinajstić information content (AvgIpc) is 2.56. The molecule has 0 saturated carbocycles. The Morgan fingerprint density at radius 2 is 1.91 bits per heavy atom. The van der Waals surface area contributed by atoms with Crippen molar-refractivity contribution in [2.24, 2.45) is 0 Å². The molecule has 116 valence electrons. The van der Waals surface area contributed by atoms with Crippen LogP contribution in [0.25, 0.3) is 0 Å². The highest BCUT2D eigenvalue weighted by atomic mass is 16.5. The van der Waals surface area contributed by atoms with E-state index in [2.05, 4.69) is 5.32 Å². The molecule has 0 aromatic heterocycles. The fraction of sp³-hybridized carbons (Fsp3) is 0.235. The van der Waals surface area contributed by atoms with Gasteiger partial charge >= 0.3 is 0 Å². The van der Waals surface area contributed by atoms with Crippen LogP contribution in [0.15, 0.2) is 48.5 Å². The molecule has 1 amide bonds. The molecule has 5 nitrogen and oxygen atoms in total. The summed E-state index contributed by atoms with van der Waals surface area (Å²) in [5, 5.41) is 2.85. The average molecular weight is 299 g/mol. The normalized spacial score (nSPS) is 11.6. The van der Waals surface area contributed by atoms with Gasteiger partial charge in [-0.3, -0.25) is 4.79 Å². The number of carbonyl (C=O) groups excluding carboxylic acids is 1. The third kappa shape index (κ3) is 3.49. The Balaban J connectivity index is 2.08. The second kappa shape index (κ2) is 6.85. The first-order valence-corrected chi connectivity index (χ1v) is 7.05. The molecule has 5 heteroatoms.